The molecule has 0 aliphatic rings. The van der Waals surface area contributed by atoms with Crippen molar-refractivity contribution in [3.05, 3.63) is 75.8 Å². The average molecular weight is 388 g/mol. The van der Waals surface area contributed by atoms with Crippen LogP contribution in [-0.2, 0) is 11.3 Å². The Morgan fingerprint density at radius 1 is 1.19 bits per heavy atom. The number of rotatable bonds is 5. The third-order valence-corrected chi connectivity index (χ3v) is 3.99. The quantitative estimate of drug-likeness (QED) is 0.728. The number of hydrogen-bond acceptors (Lipinski definition) is 4. The van der Waals surface area contributed by atoms with Gasteiger partial charge in [0.1, 0.15) is 18.1 Å². The van der Waals surface area contributed by atoms with Gasteiger partial charge >= 0.3 is 0 Å². The normalized spacial score (nSPS) is 10.5. The third kappa shape index (κ3) is 4.51. The molecule has 3 aromatic rings. The first-order chi connectivity index (χ1) is 13.0. The first kappa shape index (κ1) is 18.6. The molecule has 0 unspecified atom stereocenters. The van der Waals surface area contributed by atoms with Gasteiger partial charge in [-0.15, -0.1) is 0 Å². The Labute approximate surface area is 159 Å². The van der Waals surface area contributed by atoms with Crippen LogP contribution >= 0.6 is 11.6 Å². The lowest BCUT2D eigenvalue weighted by Gasteiger charge is -2.09. The summed E-state index contributed by atoms with van der Waals surface area (Å²) in [7, 11) is 1.57. The molecule has 1 N–H and O–H groups in total. The molecule has 1 heterocycles. The number of nitrogens with zero attached hydrogens (tertiary/aromatic N) is 2. The minimum atomic E-state index is -0.664. The summed E-state index contributed by atoms with van der Waals surface area (Å²) in [5.41, 5.74) is 0.805. The van der Waals surface area contributed by atoms with E-state index in [4.69, 9.17) is 16.3 Å². The number of anilines is 1. The predicted octanol–water partition coefficient (Wildman–Crippen LogP) is 3.35. The van der Waals surface area contributed by atoms with E-state index >= 15 is 0 Å². The number of carbonyl (C=O) groups is 1. The molecule has 0 saturated carbocycles. The summed E-state index contributed by atoms with van der Waals surface area (Å²) in [6, 6.07) is 13.9. The van der Waals surface area contributed by atoms with Gasteiger partial charge in [-0.25, -0.2) is 9.07 Å². The highest BCUT2D eigenvalue weighted by Gasteiger charge is 2.11. The predicted molar refractivity (Wildman–Crippen MR) is 101 cm³/mol. The maximum Gasteiger partial charge on any atom is 0.267 e. The van der Waals surface area contributed by atoms with Crippen LogP contribution in [0.3, 0.4) is 0 Å². The molecule has 0 saturated heterocycles. The van der Waals surface area contributed by atoms with Crippen molar-refractivity contribution in [1.29, 1.82) is 0 Å². The average Bonchev–Trinajstić information content (AvgIpc) is 2.66. The van der Waals surface area contributed by atoms with E-state index in [2.05, 4.69) is 10.4 Å². The van der Waals surface area contributed by atoms with Crippen LogP contribution < -0.4 is 15.6 Å². The zero-order valence-electron chi connectivity index (χ0n) is 14.3. The summed E-state index contributed by atoms with van der Waals surface area (Å²) in [5.74, 6) is -0.558. The molecule has 0 spiro atoms. The van der Waals surface area contributed by atoms with E-state index in [1.807, 2.05) is 0 Å². The summed E-state index contributed by atoms with van der Waals surface area (Å²) < 4.78 is 19.9. The molecule has 27 heavy (non-hydrogen) atoms. The van der Waals surface area contributed by atoms with E-state index in [1.54, 1.807) is 37.4 Å². The zero-order valence-corrected chi connectivity index (χ0v) is 15.0. The van der Waals surface area contributed by atoms with Gasteiger partial charge in [0, 0.05) is 16.7 Å². The van der Waals surface area contributed by atoms with Crippen molar-refractivity contribution in [2.75, 3.05) is 12.4 Å². The lowest BCUT2D eigenvalue weighted by atomic mass is 10.1. The molecule has 0 fully saturated rings. The Kier molecular flexibility index (Phi) is 5.52. The smallest absolute Gasteiger partial charge is 0.267 e. The third-order valence-electron chi connectivity index (χ3n) is 3.75. The van der Waals surface area contributed by atoms with E-state index in [-0.39, 0.29) is 17.3 Å². The van der Waals surface area contributed by atoms with Crippen molar-refractivity contribution in [3.63, 3.8) is 0 Å². The molecule has 8 heteroatoms. The van der Waals surface area contributed by atoms with Crippen LogP contribution in [0.15, 0.2) is 59.4 Å². The molecular formula is C19H15ClFN3O3. The van der Waals surface area contributed by atoms with Crippen LogP contribution in [0.1, 0.15) is 0 Å². The molecule has 2 aromatic carbocycles. The Morgan fingerprint density at radius 2 is 1.93 bits per heavy atom. The maximum atomic E-state index is 13.8. The standard InChI is InChI=1S/C19H15ClFN3O3/c1-27-14-5-2-12(3-6-14)16-8-9-19(26)24(23-16)11-18(25)22-17-7-4-13(20)10-15(17)21/h2-10H,11H2,1H3,(H,22,25). The van der Waals surface area contributed by atoms with Gasteiger partial charge in [-0.2, -0.15) is 5.10 Å². The zero-order chi connectivity index (χ0) is 19.4. The van der Waals surface area contributed by atoms with Crippen molar-refractivity contribution in [3.8, 4) is 17.0 Å². The number of ether oxygens (including phenoxy) is 1. The maximum absolute atomic E-state index is 13.8. The number of nitrogens with one attached hydrogen (secondary N) is 1. The molecule has 6 nitrogen and oxygen atoms in total. The topological polar surface area (TPSA) is 73.2 Å². The van der Waals surface area contributed by atoms with Gasteiger partial charge in [-0.05, 0) is 48.5 Å². The highest BCUT2D eigenvalue weighted by molar-refractivity contribution is 6.30. The highest BCUT2D eigenvalue weighted by atomic mass is 35.5. The Balaban J connectivity index is 1.79. The molecule has 0 aliphatic carbocycles. The van der Waals surface area contributed by atoms with Crippen molar-refractivity contribution < 1.29 is 13.9 Å². The van der Waals surface area contributed by atoms with E-state index in [9.17, 15) is 14.0 Å². The summed E-state index contributed by atoms with van der Waals surface area (Å²) in [6.07, 6.45) is 0. The van der Waals surface area contributed by atoms with E-state index < -0.39 is 17.3 Å². The molecule has 0 atom stereocenters. The number of benzene rings is 2. The first-order valence-corrected chi connectivity index (χ1v) is 8.31. The summed E-state index contributed by atoms with van der Waals surface area (Å²) in [5, 5.41) is 6.82. The second-order valence-corrected chi connectivity index (χ2v) is 6.05. The molecular weight excluding hydrogens is 373 g/mol. The largest absolute Gasteiger partial charge is 0.497 e. The minimum Gasteiger partial charge on any atom is -0.497 e. The molecule has 138 valence electrons. The van der Waals surface area contributed by atoms with Crippen LogP contribution in [0, 0.1) is 5.82 Å². The van der Waals surface area contributed by atoms with E-state index in [0.29, 0.717) is 11.4 Å². The molecule has 0 aliphatic heterocycles. The number of methoxy groups -OCH3 is 1. The number of aromatic nitrogens is 2. The number of hydrogen-bond donors (Lipinski definition) is 1. The monoisotopic (exact) mass is 387 g/mol. The van der Waals surface area contributed by atoms with Gasteiger partial charge in [0.05, 0.1) is 18.5 Å². The van der Waals surface area contributed by atoms with Gasteiger partial charge in [-0.1, -0.05) is 11.6 Å². The fraction of sp³-hybridized carbons (Fsp3) is 0.105. The summed E-state index contributed by atoms with van der Waals surface area (Å²) in [6.45, 7) is -0.356. The second-order valence-electron chi connectivity index (χ2n) is 5.62. The number of amides is 1. The van der Waals surface area contributed by atoms with Crippen LogP contribution in [0.5, 0.6) is 5.75 Å². The van der Waals surface area contributed by atoms with Gasteiger partial charge in [0.25, 0.3) is 5.56 Å². The number of halogens is 2. The summed E-state index contributed by atoms with van der Waals surface area (Å²) >= 11 is 5.68. The van der Waals surface area contributed by atoms with Crippen molar-refractivity contribution in [2.45, 2.75) is 6.54 Å². The van der Waals surface area contributed by atoms with Crippen molar-refractivity contribution >= 4 is 23.2 Å². The van der Waals surface area contributed by atoms with Gasteiger partial charge < -0.3 is 10.1 Å². The lowest BCUT2D eigenvalue weighted by molar-refractivity contribution is -0.117. The van der Waals surface area contributed by atoms with Gasteiger partial charge in [0.15, 0.2) is 0 Å². The fourth-order valence-corrected chi connectivity index (χ4v) is 2.55. The lowest BCUT2D eigenvalue weighted by Crippen LogP contribution is -2.29. The molecule has 1 aromatic heterocycles. The Morgan fingerprint density at radius 3 is 2.59 bits per heavy atom. The first-order valence-electron chi connectivity index (χ1n) is 7.94. The van der Waals surface area contributed by atoms with Crippen LogP contribution in [0.4, 0.5) is 10.1 Å². The van der Waals surface area contributed by atoms with Crippen molar-refractivity contribution in [1.82, 2.24) is 9.78 Å². The van der Waals surface area contributed by atoms with Crippen molar-refractivity contribution in [2.24, 2.45) is 0 Å². The second kappa shape index (κ2) is 8.01. The molecule has 0 bridgehead atoms. The van der Waals surface area contributed by atoms with Gasteiger partial charge in [0.2, 0.25) is 5.91 Å². The highest BCUT2D eigenvalue weighted by Crippen LogP contribution is 2.20. The fourth-order valence-electron chi connectivity index (χ4n) is 2.39. The van der Waals surface area contributed by atoms with Crippen LogP contribution in [0.25, 0.3) is 11.3 Å². The minimum absolute atomic E-state index is 0.0243. The summed E-state index contributed by atoms with van der Waals surface area (Å²) in [4.78, 5) is 24.2. The van der Waals surface area contributed by atoms with Crippen LogP contribution in [0.2, 0.25) is 5.02 Å². The molecule has 1 amide bonds. The number of carbonyl (C=O) groups excluding carboxylic acids is 1. The molecule has 3 rings (SSSR count). The molecule has 0 radical (unpaired) electrons. The van der Waals surface area contributed by atoms with Crippen LogP contribution in [-0.4, -0.2) is 22.8 Å². The van der Waals surface area contributed by atoms with E-state index in [0.717, 1.165) is 16.3 Å². The SMILES string of the molecule is COc1ccc(-c2ccc(=O)n(CC(=O)Nc3ccc(Cl)cc3F)n2)cc1. The van der Waals surface area contributed by atoms with Gasteiger partial charge in [-0.3, -0.25) is 9.59 Å². The Bertz CT molecular complexity index is 1040. The Hall–Kier alpha value is -3.19. The van der Waals surface area contributed by atoms with E-state index in [1.165, 1.54) is 18.2 Å².